The zero-order chi connectivity index (χ0) is 25.4. The number of epoxide rings is 1. The van der Waals surface area contributed by atoms with Gasteiger partial charge < -0.3 is 24.2 Å². The van der Waals surface area contributed by atoms with E-state index in [1.165, 1.54) is 0 Å². The number of rotatable bonds is 1. The Morgan fingerprint density at radius 3 is 2.83 bits per heavy atom. The summed E-state index contributed by atoms with van der Waals surface area (Å²) < 4.78 is 16.8. The number of nitrogens with one attached hydrogen (secondary N) is 1. The molecule has 2 fully saturated rings. The number of hydrogen-bond acceptors (Lipinski definition) is 6. The third-order valence-electron chi connectivity index (χ3n) is 7.01. The molecule has 2 amide bonds. The van der Waals surface area contributed by atoms with Crippen LogP contribution in [0.4, 0.5) is 10.5 Å². The number of benzene rings is 1. The first kappa shape index (κ1) is 25.5. The normalized spacial score (nSPS) is 34.1. The number of halogens is 1. The van der Waals surface area contributed by atoms with Crippen molar-refractivity contribution in [3.05, 3.63) is 46.5 Å². The number of alkyl carbamates (subject to hydrolysis) is 1. The number of methoxy groups -OCH3 is 1. The summed E-state index contributed by atoms with van der Waals surface area (Å²) in [6.45, 7) is 3.95. The molecule has 4 rings (SSSR count). The molecule has 2 saturated heterocycles. The summed E-state index contributed by atoms with van der Waals surface area (Å²) in [5.41, 5.74) is 0.744. The topological polar surface area (TPSA) is 101 Å². The number of carbonyl (C=O) groups excluding carboxylic acids is 2. The van der Waals surface area contributed by atoms with Crippen LogP contribution >= 0.6 is 11.6 Å². The highest BCUT2D eigenvalue weighted by atomic mass is 35.5. The van der Waals surface area contributed by atoms with Gasteiger partial charge in [-0.1, -0.05) is 35.4 Å². The van der Waals surface area contributed by atoms with Gasteiger partial charge in [0, 0.05) is 32.7 Å². The monoisotopic (exact) mass is 504 g/mol. The van der Waals surface area contributed by atoms with Crippen LogP contribution in [0.5, 0.6) is 5.75 Å². The van der Waals surface area contributed by atoms with Crippen LogP contribution < -0.4 is 15.0 Å². The molecule has 1 aromatic rings. The second kappa shape index (κ2) is 9.84. The van der Waals surface area contributed by atoms with Crippen molar-refractivity contribution in [3.8, 4) is 5.75 Å². The molecule has 1 unspecified atom stereocenters. The lowest BCUT2D eigenvalue weighted by Gasteiger charge is -2.36. The van der Waals surface area contributed by atoms with E-state index in [1.54, 1.807) is 19.1 Å². The Balaban J connectivity index is 1.64. The summed E-state index contributed by atoms with van der Waals surface area (Å²) >= 11 is 6.57. The molecule has 8 nitrogen and oxygen atoms in total. The number of hydrogen-bond donors (Lipinski definition) is 2. The molecule has 3 heterocycles. The SMILES string of the molecule is COc1cc2cc(c1Cl)N(C)C(=O)CC[C@]1(C)O[C@H]1CC1C[C@](O)(C/C=C/C=C(\C)C2)NC(=O)O1. The van der Waals surface area contributed by atoms with Gasteiger partial charge in [-0.25, -0.2) is 4.79 Å². The predicted octanol–water partition coefficient (Wildman–Crippen LogP) is 4.28. The van der Waals surface area contributed by atoms with Gasteiger partial charge in [-0.2, -0.15) is 0 Å². The molecule has 4 atom stereocenters. The largest absolute Gasteiger partial charge is 0.495 e. The average molecular weight is 505 g/mol. The van der Waals surface area contributed by atoms with E-state index in [9.17, 15) is 14.7 Å². The molecule has 0 radical (unpaired) electrons. The number of allylic oxidation sites excluding steroid dienone is 3. The highest BCUT2D eigenvalue weighted by Crippen LogP contribution is 2.45. The molecule has 9 heteroatoms. The van der Waals surface area contributed by atoms with Crippen molar-refractivity contribution in [1.29, 1.82) is 0 Å². The van der Waals surface area contributed by atoms with E-state index in [4.69, 9.17) is 25.8 Å². The Morgan fingerprint density at radius 2 is 2.09 bits per heavy atom. The minimum absolute atomic E-state index is 0.0858. The number of amides is 2. The van der Waals surface area contributed by atoms with Gasteiger partial charge in [0.15, 0.2) is 0 Å². The molecule has 4 bridgehead atoms. The van der Waals surface area contributed by atoms with Gasteiger partial charge in [-0.05, 0) is 44.4 Å². The van der Waals surface area contributed by atoms with Crippen LogP contribution in [-0.4, -0.2) is 54.8 Å². The summed E-state index contributed by atoms with van der Waals surface area (Å²) in [4.78, 5) is 26.7. The summed E-state index contributed by atoms with van der Waals surface area (Å²) in [6, 6.07) is 3.78. The molecule has 0 saturated carbocycles. The van der Waals surface area contributed by atoms with Gasteiger partial charge in [0.2, 0.25) is 5.91 Å². The Morgan fingerprint density at radius 1 is 1.31 bits per heavy atom. The van der Waals surface area contributed by atoms with Crippen molar-refractivity contribution in [2.75, 3.05) is 19.1 Å². The molecule has 3 aliphatic rings. The Kier molecular flexibility index (Phi) is 7.18. The lowest BCUT2D eigenvalue weighted by Crippen LogP contribution is -2.56. The number of ether oxygens (including phenoxy) is 3. The van der Waals surface area contributed by atoms with E-state index in [1.807, 2.05) is 44.2 Å². The Bertz CT molecular complexity index is 1070. The first-order chi connectivity index (χ1) is 16.5. The van der Waals surface area contributed by atoms with Crippen molar-refractivity contribution in [2.45, 2.75) is 75.9 Å². The van der Waals surface area contributed by atoms with Gasteiger partial charge in [0.25, 0.3) is 0 Å². The highest BCUT2D eigenvalue weighted by molar-refractivity contribution is 6.35. The summed E-state index contributed by atoms with van der Waals surface area (Å²) in [5.74, 6) is 0.424. The summed E-state index contributed by atoms with van der Waals surface area (Å²) in [7, 11) is 3.27. The summed E-state index contributed by atoms with van der Waals surface area (Å²) in [6.07, 6.45) is 6.76. The van der Waals surface area contributed by atoms with Crippen molar-refractivity contribution in [3.63, 3.8) is 0 Å². The molecule has 0 aliphatic carbocycles. The van der Waals surface area contributed by atoms with E-state index >= 15 is 0 Å². The number of nitrogens with zero attached hydrogens (tertiary/aromatic N) is 1. The molecule has 190 valence electrons. The third kappa shape index (κ3) is 5.82. The van der Waals surface area contributed by atoms with E-state index < -0.39 is 23.5 Å². The number of aliphatic hydroxyl groups is 1. The molecule has 2 N–H and O–H groups in total. The molecule has 1 aromatic carbocycles. The van der Waals surface area contributed by atoms with E-state index in [2.05, 4.69) is 5.32 Å². The van der Waals surface area contributed by atoms with Crippen LogP contribution in [0.3, 0.4) is 0 Å². The third-order valence-corrected chi connectivity index (χ3v) is 7.39. The average Bonchev–Trinajstić information content (AvgIpc) is 3.43. The maximum atomic E-state index is 13.1. The molecule has 0 aromatic heterocycles. The molecular weight excluding hydrogens is 472 g/mol. The fourth-order valence-electron chi connectivity index (χ4n) is 4.82. The van der Waals surface area contributed by atoms with Crippen molar-refractivity contribution in [1.82, 2.24) is 5.32 Å². The predicted molar refractivity (Wildman–Crippen MR) is 133 cm³/mol. The van der Waals surface area contributed by atoms with Gasteiger partial charge in [0.1, 0.15) is 22.6 Å². The maximum absolute atomic E-state index is 13.1. The van der Waals surface area contributed by atoms with Crippen LogP contribution in [0, 0.1) is 0 Å². The highest BCUT2D eigenvalue weighted by Gasteiger charge is 2.54. The van der Waals surface area contributed by atoms with Gasteiger partial charge >= 0.3 is 6.09 Å². The first-order valence-corrected chi connectivity index (χ1v) is 12.2. The Labute approximate surface area is 210 Å². The fraction of sp³-hybridized carbons (Fsp3) is 0.538. The number of carbonyl (C=O) groups is 2. The second-order valence-corrected chi connectivity index (χ2v) is 10.3. The van der Waals surface area contributed by atoms with Crippen molar-refractivity contribution < 1.29 is 28.9 Å². The standard InChI is InChI=1S/C26H33ClN2O6/c1-16-7-5-6-9-26(32)15-18(34-24(31)28-26)14-21-25(2,35-21)10-8-22(30)29(3)19-12-17(11-16)13-20(33-4)23(19)27/h5-7,12-13,18,21,32H,8-11,14-15H2,1-4H3,(H,28,31)/b6-5+,16-7+/t18?,21-,25-,26+/m0/s1. The lowest BCUT2D eigenvalue weighted by molar-refractivity contribution is -0.118. The van der Waals surface area contributed by atoms with Crippen LogP contribution in [0.25, 0.3) is 0 Å². The second-order valence-electron chi connectivity index (χ2n) is 9.95. The van der Waals surface area contributed by atoms with Crippen LogP contribution in [0.2, 0.25) is 5.02 Å². The number of anilines is 1. The fourth-order valence-corrected chi connectivity index (χ4v) is 5.13. The van der Waals surface area contributed by atoms with E-state index in [-0.39, 0.29) is 31.3 Å². The van der Waals surface area contributed by atoms with Crippen molar-refractivity contribution in [2.24, 2.45) is 0 Å². The van der Waals surface area contributed by atoms with Gasteiger partial charge in [0.05, 0.1) is 24.5 Å². The minimum Gasteiger partial charge on any atom is -0.495 e. The van der Waals surface area contributed by atoms with E-state index in [0.29, 0.717) is 35.7 Å². The maximum Gasteiger partial charge on any atom is 0.409 e. The molecule has 0 spiro atoms. The number of fused-ring (bicyclic) bond motifs is 5. The Hall–Kier alpha value is -2.55. The van der Waals surface area contributed by atoms with Crippen LogP contribution in [0.15, 0.2) is 35.9 Å². The van der Waals surface area contributed by atoms with E-state index in [0.717, 1.165) is 11.1 Å². The van der Waals surface area contributed by atoms with Crippen LogP contribution in [-0.2, 0) is 20.7 Å². The quantitative estimate of drug-likeness (QED) is 0.554. The smallest absolute Gasteiger partial charge is 0.409 e. The lowest BCUT2D eigenvalue weighted by atomic mass is 9.92. The van der Waals surface area contributed by atoms with Gasteiger partial charge in [-0.3, -0.25) is 10.1 Å². The minimum atomic E-state index is -1.39. The summed E-state index contributed by atoms with van der Waals surface area (Å²) in [5, 5.41) is 13.9. The zero-order valence-corrected chi connectivity index (χ0v) is 21.4. The molecular formula is C26H33ClN2O6. The first-order valence-electron chi connectivity index (χ1n) is 11.9. The van der Waals surface area contributed by atoms with Crippen molar-refractivity contribution >= 4 is 29.3 Å². The molecule has 35 heavy (non-hydrogen) atoms. The molecule has 3 aliphatic heterocycles. The van der Waals surface area contributed by atoms with Crippen LogP contribution in [0.1, 0.15) is 51.5 Å². The van der Waals surface area contributed by atoms with Gasteiger partial charge in [-0.15, -0.1) is 0 Å². The zero-order valence-electron chi connectivity index (χ0n) is 20.6.